The molecule has 2 N–H and O–H groups in total. The first-order valence-electron chi connectivity index (χ1n) is 10.3. The largest absolute Gasteiger partial charge is 0.497 e. The first-order valence-corrected chi connectivity index (χ1v) is 11.1. The van der Waals surface area contributed by atoms with Crippen LogP contribution in [0.5, 0.6) is 11.5 Å². The van der Waals surface area contributed by atoms with Crippen LogP contribution in [0.25, 0.3) is 10.2 Å². The lowest BCUT2D eigenvalue weighted by molar-refractivity contribution is -0.932. The van der Waals surface area contributed by atoms with Gasteiger partial charge in [-0.25, -0.2) is 4.98 Å². The zero-order chi connectivity index (χ0) is 20.0. The monoisotopic (exact) mass is 412 g/mol. The molecule has 3 heterocycles. The van der Waals surface area contributed by atoms with Gasteiger partial charge in [-0.2, -0.15) is 0 Å². The molecular formula is C22H26N3O3S+. The van der Waals surface area contributed by atoms with Crippen LogP contribution in [0.3, 0.4) is 0 Å². The van der Waals surface area contributed by atoms with E-state index < -0.39 is 0 Å². The first-order chi connectivity index (χ1) is 14.2. The van der Waals surface area contributed by atoms with E-state index in [1.165, 1.54) is 20.9 Å². The summed E-state index contributed by atoms with van der Waals surface area (Å²) in [7, 11) is 3.37. The summed E-state index contributed by atoms with van der Waals surface area (Å²) < 4.78 is 11.0. The van der Waals surface area contributed by atoms with Crippen molar-refractivity contribution in [2.45, 2.75) is 44.7 Å². The fraction of sp³-hybridized carbons (Fsp3) is 0.455. The van der Waals surface area contributed by atoms with Gasteiger partial charge in [-0.1, -0.05) is 0 Å². The Morgan fingerprint density at radius 2 is 2.14 bits per heavy atom. The number of nitrogens with zero attached hydrogens (tertiary/aromatic N) is 1. The molecule has 2 aliphatic rings. The highest BCUT2D eigenvalue weighted by Gasteiger charge is 2.33. The molecule has 1 fully saturated rings. The molecule has 1 aliphatic carbocycles. The minimum Gasteiger partial charge on any atom is -0.497 e. The number of fused-ring (bicyclic) bond motifs is 3. The number of nitrogens with one attached hydrogen (secondary N) is 2. The SMILES string of the molecule is COc1ccc([C@H]2CCC[NH+]2Cc2nc3sc4c(c3c(=O)[nH]2)CCC4)c(OC)c1. The molecule has 29 heavy (non-hydrogen) atoms. The number of quaternary nitrogens is 1. The second kappa shape index (κ2) is 7.46. The highest BCUT2D eigenvalue weighted by Crippen LogP contribution is 2.35. The first kappa shape index (κ1) is 18.6. The van der Waals surface area contributed by atoms with Gasteiger partial charge in [0.1, 0.15) is 28.9 Å². The second-order valence-corrected chi connectivity index (χ2v) is 9.02. The van der Waals surface area contributed by atoms with Crippen molar-refractivity contribution in [1.29, 1.82) is 0 Å². The van der Waals surface area contributed by atoms with Gasteiger partial charge in [0.15, 0.2) is 5.82 Å². The van der Waals surface area contributed by atoms with Crippen molar-refractivity contribution in [1.82, 2.24) is 9.97 Å². The third-order valence-corrected chi connectivity index (χ3v) is 7.50. The number of aromatic nitrogens is 2. The van der Waals surface area contributed by atoms with E-state index in [4.69, 9.17) is 14.5 Å². The van der Waals surface area contributed by atoms with Crippen molar-refractivity contribution in [3.05, 3.63) is 50.4 Å². The van der Waals surface area contributed by atoms with Gasteiger partial charge in [0, 0.05) is 23.8 Å². The van der Waals surface area contributed by atoms with Crippen LogP contribution in [0, 0.1) is 0 Å². The molecule has 0 amide bonds. The van der Waals surface area contributed by atoms with E-state index in [0.717, 1.165) is 66.2 Å². The number of methoxy groups -OCH3 is 2. The molecule has 1 unspecified atom stereocenters. The predicted molar refractivity (Wildman–Crippen MR) is 113 cm³/mol. The molecule has 1 saturated heterocycles. The van der Waals surface area contributed by atoms with E-state index in [1.54, 1.807) is 25.6 Å². The van der Waals surface area contributed by atoms with Crippen LogP contribution in [0.1, 0.15) is 47.1 Å². The maximum Gasteiger partial charge on any atom is 0.260 e. The number of aryl methyl sites for hydroxylation is 2. The van der Waals surface area contributed by atoms with Crippen molar-refractivity contribution >= 4 is 21.6 Å². The Kier molecular flexibility index (Phi) is 4.80. The Morgan fingerprint density at radius 3 is 2.97 bits per heavy atom. The number of ether oxygens (including phenoxy) is 2. The fourth-order valence-electron chi connectivity index (χ4n) is 4.95. The summed E-state index contributed by atoms with van der Waals surface area (Å²) >= 11 is 1.71. The Labute approximate surface area is 173 Å². The van der Waals surface area contributed by atoms with Crippen molar-refractivity contribution < 1.29 is 14.4 Å². The van der Waals surface area contributed by atoms with Gasteiger partial charge in [-0.05, 0) is 37.0 Å². The van der Waals surface area contributed by atoms with Gasteiger partial charge in [-0.3, -0.25) is 4.79 Å². The maximum atomic E-state index is 12.8. The number of H-pyrrole nitrogens is 1. The number of aromatic amines is 1. The summed E-state index contributed by atoms with van der Waals surface area (Å²) in [6.07, 6.45) is 5.49. The highest BCUT2D eigenvalue weighted by molar-refractivity contribution is 7.18. The number of benzene rings is 1. The minimum absolute atomic E-state index is 0.0292. The van der Waals surface area contributed by atoms with E-state index in [2.05, 4.69) is 11.1 Å². The van der Waals surface area contributed by atoms with Gasteiger partial charge in [0.2, 0.25) is 0 Å². The standard InChI is InChI=1S/C22H25N3O3S/c1-27-13-8-9-14(17(11-13)28-2)16-6-4-10-25(16)12-19-23-21(26)20-15-5-3-7-18(15)29-22(20)24-19/h8-9,11,16H,3-7,10,12H2,1-2H3,(H,23,24,26)/p+1/t16-/m1/s1. The molecule has 6 nitrogen and oxygen atoms in total. The zero-order valence-electron chi connectivity index (χ0n) is 16.8. The van der Waals surface area contributed by atoms with Crippen LogP contribution in [-0.4, -0.2) is 30.7 Å². The van der Waals surface area contributed by atoms with Crippen LogP contribution in [0.4, 0.5) is 0 Å². The Balaban J connectivity index is 1.45. The summed E-state index contributed by atoms with van der Waals surface area (Å²) in [6.45, 7) is 1.77. The van der Waals surface area contributed by atoms with Crippen LogP contribution < -0.4 is 19.9 Å². The molecule has 5 rings (SSSR count). The van der Waals surface area contributed by atoms with Gasteiger partial charge in [0.25, 0.3) is 5.56 Å². The molecule has 7 heteroatoms. The molecule has 1 aromatic carbocycles. The van der Waals surface area contributed by atoms with Crippen molar-refractivity contribution in [2.24, 2.45) is 0 Å². The van der Waals surface area contributed by atoms with Crippen LogP contribution in [0.2, 0.25) is 0 Å². The van der Waals surface area contributed by atoms with Crippen LogP contribution in [-0.2, 0) is 19.4 Å². The average Bonchev–Trinajstić information content (AvgIpc) is 3.43. The van der Waals surface area contributed by atoms with Crippen molar-refractivity contribution in [3.63, 3.8) is 0 Å². The van der Waals surface area contributed by atoms with E-state index >= 15 is 0 Å². The lowest BCUT2D eigenvalue weighted by Gasteiger charge is -2.23. The second-order valence-electron chi connectivity index (χ2n) is 7.94. The van der Waals surface area contributed by atoms with Crippen molar-refractivity contribution in [2.75, 3.05) is 20.8 Å². The summed E-state index contributed by atoms with van der Waals surface area (Å²) in [6, 6.07) is 6.37. The summed E-state index contributed by atoms with van der Waals surface area (Å²) in [5, 5.41) is 0.830. The number of thiophene rings is 1. The normalized spacial score (nSPS) is 20.9. The molecule has 0 spiro atoms. The summed E-state index contributed by atoms with van der Waals surface area (Å²) in [5.41, 5.74) is 2.46. The topological polar surface area (TPSA) is 68.7 Å². The van der Waals surface area contributed by atoms with E-state index in [9.17, 15) is 4.79 Å². The molecule has 3 aromatic rings. The van der Waals surface area contributed by atoms with Crippen LogP contribution in [0.15, 0.2) is 23.0 Å². The Hall–Kier alpha value is -2.38. The molecule has 0 radical (unpaired) electrons. The van der Waals surface area contributed by atoms with Gasteiger partial charge < -0.3 is 19.4 Å². The number of hydrogen-bond donors (Lipinski definition) is 2. The molecule has 2 aromatic heterocycles. The third kappa shape index (κ3) is 3.22. The molecular weight excluding hydrogens is 386 g/mol. The Morgan fingerprint density at radius 1 is 1.24 bits per heavy atom. The maximum absolute atomic E-state index is 12.8. The lowest BCUT2D eigenvalue weighted by atomic mass is 10.0. The van der Waals surface area contributed by atoms with Crippen LogP contribution >= 0.6 is 11.3 Å². The molecule has 0 bridgehead atoms. The smallest absolute Gasteiger partial charge is 0.260 e. The zero-order valence-corrected chi connectivity index (χ0v) is 17.7. The molecule has 152 valence electrons. The fourth-order valence-corrected chi connectivity index (χ4v) is 6.23. The average molecular weight is 413 g/mol. The van der Waals surface area contributed by atoms with E-state index in [1.807, 2.05) is 12.1 Å². The third-order valence-electron chi connectivity index (χ3n) is 6.32. The van der Waals surface area contributed by atoms with E-state index in [-0.39, 0.29) is 5.56 Å². The molecule has 2 atom stereocenters. The predicted octanol–water partition coefficient (Wildman–Crippen LogP) is 2.41. The summed E-state index contributed by atoms with van der Waals surface area (Å²) in [4.78, 5) is 24.4. The van der Waals surface area contributed by atoms with Crippen molar-refractivity contribution in [3.8, 4) is 11.5 Å². The van der Waals surface area contributed by atoms with E-state index in [0.29, 0.717) is 12.6 Å². The number of likely N-dealkylation sites (tertiary alicyclic amines) is 1. The quantitative estimate of drug-likeness (QED) is 0.675. The number of rotatable bonds is 5. The van der Waals surface area contributed by atoms with Gasteiger partial charge in [-0.15, -0.1) is 11.3 Å². The lowest BCUT2D eigenvalue weighted by Crippen LogP contribution is -3.09. The van der Waals surface area contributed by atoms with Gasteiger partial charge >= 0.3 is 0 Å². The molecule has 1 aliphatic heterocycles. The summed E-state index contributed by atoms with van der Waals surface area (Å²) in [5.74, 6) is 2.45. The molecule has 0 saturated carbocycles. The minimum atomic E-state index is 0.0292. The Bertz CT molecular complexity index is 1120. The highest BCUT2D eigenvalue weighted by atomic mass is 32.1. The van der Waals surface area contributed by atoms with Gasteiger partial charge in [0.05, 0.1) is 31.7 Å². The number of hydrogen-bond acceptors (Lipinski definition) is 5.